The lowest BCUT2D eigenvalue weighted by molar-refractivity contribution is -0.118. The Morgan fingerprint density at radius 2 is 2.07 bits per heavy atom. The fourth-order valence-corrected chi connectivity index (χ4v) is 4.44. The number of benzene rings is 1. The number of hydrogen-bond donors (Lipinski definition) is 1. The van der Waals surface area contributed by atoms with E-state index in [1.807, 2.05) is 24.3 Å². The van der Waals surface area contributed by atoms with Crippen LogP contribution in [0.15, 0.2) is 29.4 Å². The van der Waals surface area contributed by atoms with Crippen molar-refractivity contribution in [1.29, 1.82) is 0 Å². The van der Waals surface area contributed by atoms with Crippen molar-refractivity contribution < 1.29 is 9.53 Å². The third-order valence-corrected chi connectivity index (χ3v) is 6.07. The predicted octanol–water partition coefficient (Wildman–Crippen LogP) is 3.55. The van der Waals surface area contributed by atoms with Gasteiger partial charge in [0.15, 0.2) is 11.0 Å². The number of ether oxygens (including phenoxy) is 1. The standard InChI is InChI=1S/C21H26N4O2S/c1-4-13-22-19(26)14-28-21-24-23-20(16-9-11-17(27-3)12-10-16)25(21)18-8-6-5-7-15(18)2/h1,9-12,15,18H,5-8,13-14H2,2-3H3,(H,22,26)/t15-,18+/m0/s1. The summed E-state index contributed by atoms with van der Waals surface area (Å²) < 4.78 is 7.49. The molecule has 1 aromatic carbocycles. The van der Waals surface area contributed by atoms with Crippen LogP contribution in [-0.2, 0) is 4.79 Å². The quantitative estimate of drug-likeness (QED) is 0.571. The first kappa shape index (κ1) is 20.3. The topological polar surface area (TPSA) is 69.0 Å². The summed E-state index contributed by atoms with van der Waals surface area (Å²) in [6, 6.07) is 8.19. The van der Waals surface area contributed by atoms with Crippen molar-refractivity contribution >= 4 is 17.7 Å². The molecule has 3 rings (SSSR count). The second kappa shape index (κ2) is 9.65. The summed E-state index contributed by atoms with van der Waals surface area (Å²) in [6.45, 7) is 2.53. The third kappa shape index (κ3) is 4.68. The Kier molecular flexibility index (Phi) is 6.99. The van der Waals surface area contributed by atoms with Crippen LogP contribution in [-0.4, -0.2) is 40.1 Å². The fraction of sp³-hybridized carbons (Fsp3) is 0.476. The number of methoxy groups -OCH3 is 1. The predicted molar refractivity (Wildman–Crippen MR) is 111 cm³/mol. The zero-order chi connectivity index (χ0) is 19.9. The number of terminal acetylenes is 1. The van der Waals surface area contributed by atoms with Gasteiger partial charge in [-0.1, -0.05) is 37.4 Å². The number of carbonyl (C=O) groups excluding carboxylic acids is 1. The summed E-state index contributed by atoms with van der Waals surface area (Å²) in [5.41, 5.74) is 0.995. The molecule has 2 atom stereocenters. The molecular formula is C21H26N4O2S. The lowest BCUT2D eigenvalue weighted by atomic mass is 9.85. The molecule has 6 nitrogen and oxygen atoms in total. The monoisotopic (exact) mass is 398 g/mol. The zero-order valence-corrected chi connectivity index (χ0v) is 17.2. The van der Waals surface area contributed by atoms with Crippen molar-refractivity contribution in [3.8, 4) is 29.5 Å². The van der Waals surface area contributed by atoms with E-state index in [0.717, 1.165) is 28.7 Å². The number of thioether (sulfide) groups is 1. The summed E-state index contributed by atoms with van der Waals surface area (Å²) in [5.74, 6) is 4.77. The van der Waals surface area contributed by atoms with E-state index in [2.05, 4.69) is 32.9 Å². The van der Waals surface area contributed by atoms with Gasteiger partial charge in [0.2, 0.25) is 5.91 Å². The van der Waals surface area contributed by atoms with Gasteiger partial charge in [0.05, 0.1) is 19.4 Å². The average Bonchev–Trinajstić information content (AvgIpc) is 3.14. The molecule has 0 bridgehead atoms. The van der Waals surface area contributed by atoms with Gasteiger partial charge in [-0.05, 0) is 43.0 Å². The maximum absolute atomic E-state index is 12.0. The van der Waals surface area contributed by atoms with Crippen molar-refractivity contribution in [2.75, 3.05) is 19.4 Å². The maximum atomic E-state index is 12.0. The Hall–Kier alpha value is -2.46. The summed E-state index contributed by atoms with van der Waals surface area (Å²) in [6.07, 6.45) is 9.95. The Morgan fingerprint density at radius 1 is 1.32 bits per heavy atom. The second-order valence-corrected chi connectivity index (χ2v) is 7.95. The highest BCUT2D eigenvalue weighted by Crippen LogP contribution is 2.39. The minimum atomic E-state index is -0.0970. The van der Waals surface area contributed by atoms with E-state index in [9.17, 15) is 4.79 Å². The van der Waals surface area contributed by atoms with Gasteiger partial charge in [0, 0.05) is 11.6 Å². The smallest absolute Gasteiger partial charge is 0.231 e. The fourth-order valence-electron chi connectivity index (χ4n) is 3.62. The van der Waals surface area contributed by atoms with E-state index in [0.29, 0.717) is 12.0 Å². The molecule has 1 aliphatic rings. The minimum absolute atomic E-state index is 0.0970. The molecule has 28 heavy (non-hydrogen) atoms. The van der Waals surface area contributed by atoms with Crippen molar-refractivity contribution in [2.45, 2.75) is 43.8 Å². The van der Waals surface area contributed by atoms with E-state index in [1.165, 1.54) is 31.0 Å². The minimum Gasteiger partial charge on any atom is -0.497 e. The number of amides is 1. The summed E-state index contributed by atoms with van der Waals surface area (Å²) in [4.78, 5) is 12.0. The van der Waals surface area contributed by atoms with Gasteiger partial charge >= 0.3 is 0 Å². The van der Waals surface area contributed by atoms with Gasteiger partial charge in [0.1, 0.15) is 5.75 Å². The van der Waals surface area contributed by atoms with Crippen LogP contribution in [0.1, 0.15) is 38.6 Å². The van der Waals surface area contributed by atoms with Crippen molar-refractivity contribution in [3.63, 3.8) is 0 Å². The number of nitrogens with zero attached hydrogens (tertiary/aromatic N) is 3. The Bertz CT molecular complexity index is 841. The lowest BCUT2D eigenvalue weighted by Gasteiger charge is -2.31. The normalized spacial score (nSPS) is 19.0. The first-order chi connectivity index (χ1) is 13.6. The largest absolute Gasteiger partial charge is 0.497 e. The van der Waals surface area contributed by atoms with Crippen LogP contribution in [0.4, 0.5) is 0 Å². The number of aromatic nitrogens is 3. The average molecular weight is 399 g/mol. The van der Waals surface area contributed by atoms with Gasteiger partial charge < -0.3 is 10.1 Å². The molecule has 1 amide bonds. The summed E-state index contributed by atoms with van der Waals surface area (Å²) in [5, 5.41) is 12.4. The SMILES string of the molecule is C#CCNC(=O)CSc1nnc(-c2ccc(OC)cc2)n1[C@@H]1CCCC[C@@H]1C. The first-order valence-electron chi connectivity index (χ1n) is 9.56. The second-order valence-electron chi connectivity index (χ2n) is 7.00. The Morgan fingerprint density at radius 3 is 2.75 bits per heavy atom. The molecule has 7 heteroatoms. The van der Waals surface area contributed by atoms with Crippen LogP contribution in [0.25, 0.3) is 11.4 Å². The van der Waals surface area contributed by atoms with E-state index < -0.39 is 0 Å². The highest BCUT2D eigenvalue weighted by Gasteiger charge is 2.28. The molecular weight excluding hydrogens is 372 g/mol. The zero-order valence-electron chi connectivity index (χ0n) is 16.4. The van der Waals surface area contributed by atoms with Gasteiger partial charge in [0.25, 0.3) is 0 Å². The van der Waals surface area contributed by atoms with E-state index in [1.54, 1.807) is 7.11 Å². The molecule has 1 aromatic heterocycles. The Balaban J connectivity index is 1.89. The molecule has 0 aliphatic heterocycles. The number of hydrogen-bond acceptors (Lipinski definition) is 5. The molecule has 1 aliphatic carbocycles. The van der Waals surface area contributed by atoms with Crippen LogP contribution in [0.5, 0.6) is 5.75 Å². The highest BCUT2D eigenvalue weighted by atomic mass is 32.2. The van der Waals surface area contributed by atoms with E-state index in [-0.39, 0.29) is 18.2 Å². The number of rotatable bonds is 7. The molecule has 1 saturated carbocycles. The van der Waals surface area contributed by atoms with E-state index >= 15 is 0 Å². The summed E-state index contributed by atoms with van der Waals surface area (Å²) >= 11 is 1.41. The van der Waals surface area contributed by atoms with Crippen molar-refractivity contribution in [1.82, 2.24) is 20.1 Å². The van der Waals surface area contributed by atoms with Crippen LogP contribution in [0, 0.1) is 18.3 Å². The molecule has 148 valence electrons. The van der Waals surface area contributed by atoms with Crippen LogP contribution in [0.3, 0.4) is 0 Å². The van der Waals surface area contributed by atoms with Crippen molar-refractivity contribution in [3.05, 3.63) is 24.3 Å². The van der Waals surface area contributed by atoms with Gasteiger partial charge in [-0.15, -0.1) is 16.6 Å². The van der Waals surface area contributed by atoms with Crippen molar-refractivity contribution in [2.24, 2.45) is 5.92 Å². The highest BCUT2D eigenvalue weighted by molar-refractivity contribution is 7.99. The number of nitrogens with one attached hydrogen (secondary N) is 1. The molecule has 0 spiro atoms. The molecule has 0 saturated heterocycles. The third-order valence-electron chi connectivity index (χ3n) is 5.13. The molecule has 1 N–H and O–H groups in total. The molecule has 0 radical (unpaired) electrons. The van der Waals surface area contributed by atoms with Gasteiger partial charge in [-0.25, -0.2) is 0 Å². The van der Waals surface area contributed by atoms with Crippen LogP contribution >= 0.6 is 11.8 Å². The van der Waals surface area contributed by atoms with Crippen LogP contribution < -0.4 is 10.1 Å². The van der Waals surface area contributed by atoms with Gasteiger partial charge in [-0.3, -0.25) is 9.36 Å². The van der Waals surface area contributed by atoms with Crippen LogP contribution in [0.2, 0.25) is 0 Å². The molecule has 1 heterocycles. The molecule has 2 aromatic rings. The molecule has 0 unspecified atom stereocenters. The lowest BCUT2D eigenvalue weighted by Crippen LogP contribution is -2.26. The Labute approximate surface area is 170 Å². The first-order valence-corrected chi connectivity index (χ1v) is 10.5. The van der Waals surface area contributed by atoms with Gasteiger partial charge in [-0.2, -0.15) is 0 Å². The molecule has 1 fully saturated rings. The summed E-state index contributed by atoms with van der Waals surface area (Å²) in [7, 11) is 1.65. The van der Waals surface area contributed by atoms with E-state index in [4.69, 9.17) is 11.2 Å². The maximum Gasteiger partial charge on any atom is 0.231 e. The number of carbonyl (C=O) groups is 1.